The van der Waals surface area contributed by atoms with E-state index >= 15 is 0 Å². The lowest BCUT2D eigenvalue weighted by Crippen LogP contribution is -2.62. The van der Waals surface area contributed by atoms with Gasteiger partial charge in [0.25, 0.3) is 0 Å². The van der Waals surface area contributed by atoms with Gasteiger partial charge in [0.2, 0.25) is 0 Å². The lowest BCUT2D eigenvalue weighted by molar-refractivity contribution is -0.293. The molecule has 95 heavy (non-hydrogen) atoms. The van der Waals surface area contributed by atoms with Crippen molar-refractivity contribution in [2.75, 3.05) is 99.4 Å². The molecule has 3 unspecified atom stereocenters. The Kier molecular flexibility index (Phi) is 38.9. The van der Waals surface area contributed by atoms with Crippen molar-refractivity contribution in [1.82, 2.24) is 24.8 Å². The number of hydrogen-bond donors (Lipinski definition) is 0. The third kappa shape index (κ3) is 32.0. The molecule has 0 aromatic heterocycles. The molecule has 550 valence electrons. The van der Waals surface area contributed by atoms with Gasteiger partial charge in [-0.25, -0.2) is 21.6 Å². The number of benzene rings is 2. The number of sulfone groups is 2. The van der Waals surface area contributed by atoms with Gasteiger partial charge in [-0.3, -0.25) is 24.1 Å². The van der Waals surface area contributed by atoms with Crippen molar-refractivity contribution in [2.45, 2.75) is 257 Å². The highest BCUT2D eigenvalue weighted by molar-refractivity contribution is 7.91. The van der Waals surface area contributed by atoms with Crippen LogP contribution in [0, 0.1) is 19.3 Å². The summed E-state index contributed by atoms with van der Waals surface area (Å²) in [6.07, 6.45) is 6.68. The van der Waals surface area contributed by atoms with E-state index in [2.05, 4.69) is 103 Å². The quantitative estimate of drug-likeness (QED) is 0.0219. The van der Waals surface area contributed by atoms with Crippen LogP contribution in [0.5, 0.6) is 0 Å². The number of hydroxylamine groups is 4. The third-order valence-corrected chi connectivity index (χ3v) is 20.7. The lowest BCUT2D eigenvalue weighted by atomic mass is 9.80. The topological polar surface area (TPSA) is 208 Å². The van der Waals surface area contributed by atoms with E-state index in [-0.39, 0.29) is 60.0 Å². The van der Waals surface area contributed by atoms with E-state index in [1.165, 1.54) is 45.0 Å². The van der Waals surface area contributed by atoms with Gasteiger partial charge < -0.3 is 33.6 Å². The Labute approximate surface area is 586 Å². The second kappa shape index (κ2) is 40.5. The van der Waals surface area contributed by atoms with Crippen LogP contribution >= 0.6 is 23.2 Å². The highest BCUT2D eigenvalue weighted by Crippen LogP contribution is 2.43. The predicted octanol–water partition coefficient (Wildman–Crippen LogP) is 13.7. The summed E-state index contributed by atoms with van der Waals surface area (Å²) >= 11 is 12.9. The van der Waals surface area contributed by atoms with Crippen LogP contribution in [0.15, 0.2) is 70.5 Å². The molecule has 19 nitrogen and oxygen atoms in total. The van der Waals surface area contributed by atoms with Crippen molar-refractivity contribution in [3.8, 4) is 0 Å². The molecule has 0 spiro atoms. The first kappa shape index (κ1) is 91.3. The van der Waals surface area contributed by atoms with E-state index in [4.69, 9.17) is 51.8 Å². The largest absolute Gasteiger partial charge is 0.465 e. The summed E-state index contributed by atoms with van der Waals surface area (Å²) < 4.78 is 73.5. The summed E-state index contributed by atoms with van der Waals surface area (Å²) in [6, 6.07) is 12.9. The first-order valence-corrected chi connectivity index (χ1v) is 37.4. The number of alkyl halides is 2. The molecule has 0 aliphatic carbocycles. The smallest absolute Gasteiger partial charge is 0.333 e. The average molecular weight is 1420 g/mol. The standard InChI is InChI=1S/C31H50ClNO7S.C16H29NO3.C15H21ClO4S.C9H23N3.CH4/c1-10-12-18-38-26(34)30(8,22-41(36,37)25-15-13-23(3)14-16-25)21-31(9,32)27(35)40-24-19-28(4,5)33(39-17-11-2)29(6,7)20-24;1-8-9-19-17-15(4,5)10-13(11-16(17,6)7)20-14(18)12(2)3;1-4-5-10-20-14(17)15(3,16)11-21(18,19)13-8-6-12(2)7-9-13;1-10(2)6-8-12(5)9-7-11(3)4;/h13-16,24H,10-12,17-22H2,1-9H3;13H,2,8-11H2,1,3-7H3;6-9H,4-5,10-11H2,1-3H3;6-9H2,1-5H3;1H4. The minimum absolute atomic E-state index is 0. The number of nitrogens with zero attached hydrogens (tertiary/aromatic N) is 5. The van der Waals surface area contributed by atoms with Crippen molar-refractivity contribution < 1.29 is 64.6 Å². The summed E-state index contributed by atoms with van der Waals surface area (Å²) in [6.45, 7) is 44.5. The molecular weight excluding hydrogens is 1290 g/mol. The second-order valence-corrected chi connectivity index (χ2v) is 35.0. The molecule has 23 heteroatoms. The lowest BCUT2D eigenvalue weighted by Gasteiger charge is -2.53. The maximum Gasteiger partial charge on any atom is 0.333 e. The molecule has 2 aromatic rings. The monoisotopic (exact) mass is 1420 g/mol. The van der Waals surface area contributed by atoms with Gasteiger partial charge in [0, 0.05) is 79.6 Å². The van der Waals surface area contributed by atoms with E-state index in [1.54, 1.807) is 31.2 Å². The maximum absolute atomic E-state index is 13.5. The Balaban J connectivity index is 0.00000137. The Morgan fingerprint density at radius 1 is 0.537 bits per heavy atom. The molecule has 0 N–H and O–H groups in total. The molecule has 2 saturated heterocycles. The first-order chi connectivity index (χ1) is 43.1. The van der Waals surface area contributed by atoms with Gasteiger partial charge in [-0.1, -0.05) is 89.9 Å². The Bertz CT molecular complexity index is 2840. The Hall–Kier alpha value is -3.74. The number of piperidine rings is 2. The summed E-state index contributed by atoms with van der Waals surface area (Å²) in [4.78, 5) is 66.3. The summed E-state index contributed by atoms with van der Waals surface area (Å²) in [7, 11) is 3.06. The normalized spacial score (nSPS) is 18.3. The van der Waals surface area contributed by atoms with Crippen LogP contribution in [0.2, 0.25) is 0 Å². The number of carbonyl (C=O) groups excluding carboxylic acids is 4. The number of unbranched alkanes of at least 4 members (excludes halogenated alkanes) is 2. The van der Waals surface area contributed by atoms with Crippen LogP contribution in [-0.4, -0.2) is 209 Å². The van der Waals surface area contributed by atoms with Crippen molar-refractivity contribution in [3.63, 3.8) is 0 Å². The fourth-order valence-corrected chi connectivity index (χ4v) is 15.5. The molecule has 2 aliphatic rings. The molecular formula is C72H127Cl2N5O14S2. The minimum Gasteiger partial charge on any atom is -0.465 e. The number of halogens is 2. The molecule has 2 aromatic carbocycles. The molecule has 3 atom stereocenters. The van der Waals surface area contributed by atoms with Gasteiger partial charge >= 0.3 is 23.9 Å². The van der Waals surface area contributed by atoms with Gasteiger partial charge in [-0.15, -0.1) is 23.2 Å². The molecule has 0 saturated carbocycles. The van der Waals surface area contributed by atoms with Gasteiger partial charge in [-0.2, -0.15) is 10.1 Å². The number of esters is 4. The molecule has 0 amide bonds. The van der Waals surface area contributed by atoms with E-state index in [0.29, 0.717) is 38.0 Å². The van der Waals surface area contributed by atoms with Crippen LogP contribution in [-0.2, 0) is 67.5 Å². The number of hydrogen-bond acceptors (Lipinski definition) is 19. The van der Waals surface area contributed by atoms with Gasteiger partial charge in [0.1, 0.15) is 17.1 Å². The van der Waals surface area contributed by atoms with Crippen molar-refractivity contribution in [3.05, 3.63) is 71.8 Å². The molecule has 0 bridgehead atoms. The molecule has 2 fully saturated rings. The van der Waals surface area contributed by atoms with Crippen LogP contribution in [0.25, 0.3) is 0 Å². The fraction of sp³-hybridized carbons (Fsp3) is 0.750. The zero-order chi connectivity index (χ0) is 72.5. The van der Waals surface area contributed by atoms with Gasteiger partial charge in [0.15, 0.2) is 24.5 Å². The highest BCUT2D eigenvalue weighted by Gasteiger charge is 2.52. The van der Waals surface area contributed by atoms with Crippen molar-refractivity contribution in [2.24, 2.45) is 5.41 Å². The second-order valence-electron chi connectivity index (χ2n) is 29.3. The van der Waals surface area contributed by atoms with E-state index in [1.807, 2.05) is 60.5 Å². The molecule has 2 aliphatic heterocycles. The highest BCUT2D eigenvalue weighted by atomic mass is 35.5. The van der Waals surface area contributed by atoms with E-state index < -0.39 is 81.4 Å². The Morgan fingerprint density at radius 3 is 1.22 bits per heavy atom. The zero-order valence-electron chi connectivity index (χ0n) is 61.9. The first-order valence-electron chi connectivity index (χ1n) is 33.3. The number of carbonyl (C=O) groups is 4. The van der Waals surface area contributed by atoms with Crippen molar-refractivity contribution >= 4 is 66.8 Å². The fourth-order valence-electron chi connectivity index (χ4n) is 11.4. The number of likely N-dealkylation sites (N-methyl/N-ethyl adjacent to an activating group) is 3. The van der Waals surface area contributed by atoms with Crippen LogP contribution in [0.1, 0.15) is 200 Å². The van der Waals surface area contributed by atoms with E-state index in [9.17, 15) is 36.0 Å². The number of aryl methyl sites for hydroxylation is 2. The molecule has 0 radical (unpaired) electrons. The van der Waals surface area contributed by atoms with E-state index in [0.717, 1.165) is 82.3 Å². The SMILES string of the molecule is C.C=C(C)C(=O)OC1CC(C)(C)N(OCCC)C(C)(C)C1.CCCCOC(=O)C(C)(CC(C)(Cl)C(=O)OC1CC(C)(C)N(OCCC)C(C)(C)C1)CS(=O)(=O)c1ccc(C)cc1.CCCCOC(=O)C(C)(Cl)CS(=O)(=O)c1ccc(C)cc1.CN(C)CCN(C)CCN(C)C. The van der Waals surface area contributed by atoms with Gasteiger partial charge in [0.05, 0.1) is 53.1 Å². The number of rotatable bonds is 32. The zero-order valence-corrected chi connectivity index (χ0v) is 65.0. The van der Waals surface area contributed by atoms with Gasteiger partial charge in [-0.05, 0) is 189 Å². The Morgan fingerprint density at radius 2 is 0.884 bits per heavy atom. The minimum atomic E-state index is -3.91. The van der Waals surface area contributed by atoms with Crippen LogP contribution < -0.4 is 0 Å². The summed E-state index contributed by atoms with van der Waals surface area (Å²) in [5.74, 6) is -3.45. The molecule has 2 heterocycles. The number of ether oxygens (including phenoxy) is 4. The average Bonchev–Trinajstić information content (AvgIpc) is 0.784. The predicted molar refractivity (Wildman–Crippen MR) is 386 cm³/mol. The maximum atomic E-state index is 13.5. The van der Waals surface area contributed by atoms with Crippen molar-refractivity contribution in [1.29, 1.82) is 0 Å². The van der Waals surface area contributed by atoms with Crippen LogP contribution in [0.4, 0.5) is 0 Å². The molecule has 4 rings (SSSR count). The third-order valence-electron chi connectivity index (χ3n) is 16.0. The van der Waals surface area contributed by atoms with Crippen LogP contribution in [0.3, 0.4) is 0 Å². The summed E-state index contributed by atoms with van der Waals surface area (Å²) in [5, 5.41) is 4.07. The summed E-state index contributed by atoms with van der Waals surface area (Å²) in [5.41, 5.74) is -0.437.